The second kappa shape index (κ2) is 5.82. The summed E-state index contributed by atoms with van der Waals surface area (Å²) in [7, 11) is 0. The van der Waals surface area contributed by atoms with Crippen LogP contribution in [0.2, 0.25) is 0 Å². The van der Waals surface area contributed by atoms with E-state index >= 15 is 0 Å². The molecule has 0 bridgehead atoms. The van der Waals surface area contributed by atoms with Crippen molar-refractivity contribution in [3.8, 4) is 5.75 Å². The maximum atomic E-state index is 13.0. The van der Waals surface area contributed by atoms with Crippen LogP contribution in [0.3, 0.4) is 0 Å². The van der Waals surface area contributed by atoms with Crippen LogP contribution >= 0.6 is 15.9 Å². The number of rotatable bonds is 4. The van der Waals surface area contributed by atoms with E-state index in [2.05, 4.69) is 15.9 Å². The highest BCUT2D eigenvalue weighted by Crippen LogP contribution is 2.25. The molecule has 0 amide bonds. The van der Waals surface area contributed by atoms with Gasteiger partial charge in [0.25, 0.3) is 5.56 Å². The van der Waals surface area contributed by atoms with Crippen molar-refractivity contribution in [2.24, 2.45) is 0 Å². The van der Waals surface area contributed by atoms with Gasteiger partial charge in [-0.3, -0.25) is 4.79 Å². The first-order valence-electron chi connectivity index (χ1n) is 5.40. The number of aromatic nitrogens is 1. The highest BCUT2D eigenvalue weighted by Gasteiger charge is 2.03. The van der Waals surface area contributed by atoms with Gasteiger partial charge in [0.1, 0.15) is 18.2 Å². The van der Waals surface area contributed by atoms with Crippen molar-refractivity contribution in [2.45, 2.75) is 6.54 Å². The summed E-state index contributed by atoms with van der Waals surface area (Å²) in [6, 6.07) is 9.18. The number of ether oxygens (including phenoxy) is 1. The molecule has 0 aliphatic carbocycles. The lowest BCUT2D eigenvalue weighted by molar-refractivity contribution is 0.293. The summed E-state index contributed by atoms with van der Waals surface area (Å²) < 4.78 is 20.7. The first kappa shape index (κ1) is 12.8. The highest BCUT2D eigenvalue weighted by atomic mass is 79.9. The third-order valence-corrected chi connectivity index (χ3v) is 3.04. The van der Waals surface area contributed by atoms with E-state index in [0.717, 1.165) is 0 Å². The summed E-state index contributed by atoms with van der Waals surface area (Å²) in [6.45, 7) is 0.717. The van der Waals surface area contributed by atoms with Gasteiger partial charge < -0.3 is 9.30 Å². The Morgan fingerprint density at radius 1 is 1.28 bits per heavy atom. The summed E-state index contributed by atoms with van der Waals surface area (Å²) in [4.78, 5) is 11.4. The summed E-state index contributed by atoms with van der Waals surface area (Å²) >= 11 is 3.27. The van der Waals surface area contributed by atoms with Crippen LogP contribution in [0.15, 0.2) is 51.9 Å². The lowest BCUT2D eigenvalue weighted by Gasteiger charge is -2.09. The third kappa shape index (κ3) is 3.20. The molecule has 1 aromatic heterocycles. The van der Waals surface area contributed by atoms with Gasteiger partial charge in [0.05, 0.1) is 11.0 Å². The molecule has 0 N–H and O–H groups in total. The summed E-state index contributed by atoms with van der Waals surface area (Å²) in [5, 5.41) is 0. The van der Waals surface area contributed by atoms with Crippen LogP contribution in [-0.4, -0.2) is 11.2 Å². The Hall–Kier alpha value is -1.62. The van der Waals surface area contributed by atoms with Crippen LogP contribution in [0.4, 0.5) is 4.39 Å². The van der Waals surface area contributed by atoms with Gasteiger partial charge in [-0.2, -0.15) is 0 Å². The molecule has 2 rings (SSSR count). The van der Waals surface area contributed by atoms with Crippen molar-refractivity contribution in [1.29, 1.82) is 0 Å². The summed E-state index contributed by atoms with van der Waals surface area (Å²) in [5.74, 6) is 0.0732. The Labute approximate surface area is 112 Å². The molecule has 94 valence electrons. The van der Waals surface area contributed by atoms with Crippen molar-refractivity contribution in [1.82, 2.24) is 4.57 Å². The van der Waals surface area contributed by atoms with Gasteiger partial charge in [-0.1, -0.05) is 6.07 Å². The first-order valence-corrected chi connectivity index (χ1v) is 6.19. The first-order chi connectivity index (χ1) is 8.66. The SMILES string of the molecule is O=c1ccccn1CCOc1cc(F)ccc1Br. The molecule has 0 saturated heterocycles. The average molecular weight is 312 g/mol. The largest absolute Gasteiger partial charge is 0.490 e. The standard InChI is InChI=1S/C13H11BrFNO2/c14-11-5-4-10(15)9-12(11)18-8-7-16-6-2-1-3-13(16)17/h1-6,9H,7-8H2. The van der Waals surface area contributed by atoms with Crippen LogP contribution in [0.25, 0.3) is 0 Å². The minimum Gasteiger partial charge on any atom is -0.490 e. The maximum Gasteiger partial charge on any atom is 0.250 e. The number of hydrogen-bond acceptors (Lipinski definition) is 2. The number of nitrogens with zero attached hydrogens (tertiary/aromatic N) is 1. The Morgan fingerprint density at radius 3 is 2.89 bits per heavy atom. The number of benzene rings is 1. The van der Waals surface area contributed by atoms with Gasteiger partial charge >= 0.3 is 0 Å². The Balaban J connectivity index is 1.99. The Kier molecular flexibility index (Phi) is 4.15. The second-order valence-corrected chi connectivity index (χ2v) is 4.51. The molecule has 0 spiro atoms. The fraction of sp³-hybridized carbons (Fsp3) is 0.154. The van der Waals surface area contributed by atoms with Crippen LogP contribution in [-0.2, 0) is 6.54 Å². The van der Waals surface area contributed by atoms with Gasteiger partial charge in [0.2, 0.25) is 0 Å². The topological polar surface area (TPSA) is 31.2 Å². The Morgan fingerprint density at radius 2 is 2.11 bits per heavy atom. The van der Waals surface area contributed by atoms with Gasteiger partial charge in [0.15, 0.2) is 0 Å². The minimum atomic E-state index is -0.356. The second-order valence-electron chi connectivity index (χ2n) is 3.66. The normalized spacial score (nSPS) is 10.3. The minimum absolute atomic E-state index is 0.0839. The predicted octanol–water partition coefficient (Wildman–Crippen LogP) is 2.83. The van der Waals surface area contributed by atoms with E-state index in [9.17, 15) is 9.18 Å². The van der Waals surface area contributed by atoms with Gasteiger partial charge in [0, 0.05) is 18.3 Å². The van der Waals surface area contributed by atoms with Crippen LogP contribution < -0.4 is 10.3 Å². The molecule has 5 heteroatoms. The Bertz CT molecular complexity index is 598. The molecule has 0 atom stereocenters. The molecule has 0 aliphatic rings. The molecule has 0 aliphatic heterocycles. The predicted molar refractivity (Wildman–Crippen MR) is 70.3 cm³/mol. The number of halogens is 2. The van der Waals surface area contributed by atoms with Crippen molar-refractivity contribution in [3.63, 3.8) is 0 Å². The molecule has 1 heterocycles. The van der Waals surface area contributed by atoms with Crippen molar-refractivity contribution < 1.29 is 9.13 Å². The molecule has 3 nitrogen and oxygen atoms in total. The lowest BCUT2D eigenvalue weighted by atomic mass is 10.3. The number of hydrogen-bond donors (Lipinski definition) is 0. The zero-order chi connectivity index (χ0) is 13.0. The molecule has 1 aromatic carbocycles. The van der Waals surface area contributed by atoms with Gasteiger partial charge in [-0.15, -0.1) is 0 Å². The smallest absolute Gasteiger partial charge is 0.250 e. The van der Waals surface area contributed by atoms with E-state index in [1.54, 1.807) is 24.4 Å². The quantitative estimate of drug-likeness (QED) is 0.869. The van der Waals surface area contributed by atoms with E-state index < -0.39 is 0 Å². The average Bonchev–Trinajstić information content (AvgIpc) is 2.36. The molecule has 0 saturated carbocycles. The van der Waals surface area contributed by atoms with Crippen LogP contribution in [0.5, 0.6) is 5.75 Å². The van der Waals surface area contributed by atoms with E-state index in [-0.39, 0.29) is 11.4 Å². The molecular weight excluding hydrogens is 301 g/mol. The van der Waals surface area contributed by atoms with Crippen molar-refractivity contribution in [3.05, 3.63) is 63.2 Å². The van der Waals surface area contributed by atoms with Crippen molar-refractivity contribution >= 4 is 15.9 Å². The third-order valence-electron chi connectivity index (χ3n) is 2.38. The van der Waals surface area contributed by atoms with Crippen LogP contribution in [0, 0.1) is 5.82 Å². The zero-order valence-corrected chi connectivity index (χ0v) is 11.1. The van der Waals surface area contributed by atoms with Crippen molar-refractivity contribution in [2.75, 3.05) is 6.61 Å². The molecule has 0 unspecified atom stereocenters. The fourth-order valence-electron chi connectivity index (χ4n) is 1.49. The van der Waals surface area contributed by atoms with E-state index in [4.69, 9.17) is 4.74 Å². The van der Waals surface area contributed by atoms with E-state index in [1.165, 1.54) is 22.8 Å². The number of pyridine rings is 1. The van der Waals surface area contributed by atoms with E-state index in [0.29, 0.717) is 23.4 Å². The molecular formula is C13H11BrFNO2. The van der Waals surface area contributed by atoms with Gasteiger partial charge in [-0.05, 0) is 34.1 Å². The summed E-state index contributed by atoms with van der Waals surface area (Å²) in [6.07, 6.45) is 1.69. The van der Waals surface area contributed by atoms with Crippen LogP contribution in [0.1, 0.15) is 0 Å². The maximum absolute atomic E-state index is 13.0. The van der Waals surface area contributed by atoms with E-state index in [1.807, 2.05) is 0 Å². The van der Waals surface area contributed by atoms with Gasteiger partial charge in [-0.25, -0.2) is 4.39 Å². The fourth-order valence-corrected chi connectivity index (χ4v) is 1.85. The molecule has 2 aromatic rings. The zero-order valence-electron chi connectivity index (χ0n) is 9.48. The summed E-state index contributed by atoms with van der Waals surface area (Å²) in [5.41, 5.74) is -0.0839. The monoisotopic (exact) mass is 311 g/mol. The lowest BCUT2D eigenvalue weighted by Crippen LogP contribution is -2.21. The highest BCUT2D eigenvalue weighted by molar-refractivity contribution is 9.10. The molecule has 0 radical (unpaired) electrons. The molecule has 18 heavy (non-hydrogen) atoms. The molecule has 0 fully saturated rings.